The van der Waals surface area contributed by atoms with Crippen molar-refractivity contribution < 1.29 is 9.59 Å². The molecule has 2 saturated carbocycles. The average Bonchev–Trinajstić information content (AvgIpc) is 3.40. The van der Waals surface area contributed by atoms with Crippen LogP contribution in [0, 0.1) is 12.8 Å². The minimum atomic E-state index is -0.112. The minimum Gasteiger partial charge on any atom is -0.326 e. The third-order valence-corrected chi connectivity index (χ3v) is 5.23. The van der Waals surface area contributed by atoms with Gasteiger partial charge in [-0.15, -0.1) is 0 Å². The summed E-state index contributed by atoms with van der Waals surface area (Å²) in [5.41, 5.74) is 2.48. The highest BCUT2D eigenvalue weighted by Crippen LogP contribution is 2.33. The van der Waals surface area contributed by atoms with Gasteiger partial charge in [0, 0.05) is 30.9 Å². The van der Waals surface area contributed by atoms with E-state index in [1.807, 2.05) is 25.1 Å². The van der Waals surface area contributed by atoms with E-state index in [1.54, 1.807) is 0 Å². The lowest BCUT2D eigenvalue weighted by molar-refractivity contribution is -0.114. The Hall–Kier alpha value is -2.04. The van der Waals surface area contributed by atoms with Gasteiger partial charge in [0.05, 0.1) is 0 Å². The van der Waals surface area contributed by atoms with Crippen LogP contribution in [0.15, 0.2) is 18.2 Å². The van der Waals surface area contributed by atoms with Crippen LogP contribution < -0.4 is 10.6 Å². The monoisotopic (exact) mass is 343 g/mol. The van der Waals surface area contributed by atoms with E-state index in [-0.39, 0.29) is 11.9 Å². The number of aryl methyl sites for hydroxylation is 1. The molecule has 1 aromatic carbocycles. The number of carbonyl (C=O) groups excluding carboxylic acids is 2. The SMILES string of the molecule is CC(=O)Nc1ccc(C)c(NC(=O)N(CC2CC2)C2CCCCC2)c1. The maximum absolute atomic E-state index is 13.0. The second kappa shape index (κ2) is 7.89. The summed E-state index contributed by atoms with van der Waals surface area (Å²) in [6, 6.07) is 5.99. The molecule has 5 heteroatoms. The third-order valence-electron chi connectivity index (χ3n) is 5.23. The maximum atomic E-state index is 13.0. The van der Waals surface area contributed by atoms with Crippen LogP contribution in [0.2, 0.25) is 0 Å². The van der Waals surface area contributed by atoms with Gasteiger partial charge in [0.2, 0.25) is 5.91 Å². The zero-order valence-electron chi connectivity index (χ0n) is 15.3. The Labute approximate surface area is 150 Å². The molecule has 3 rings (SSSR count). The van der Waals surface area contributed by atoms with Gasteiger partial charge in [-0.2, -0.15) is 0 Å². The molecular formula is C20H29N3O2. The topological polar surface area (TPSA) is 61.4 Å². The van der Waals surface area contributed by atoms with Gasteiger partial charge in [-0.05, 0) is 56.2 Å². The van der Waals surface area contributed by atoms with Crippen molar-refractivity contribution in [3.63, 3.8) is 0 Å². The van der Waals surface area contributed by atoms with Crippen LogP contribution in [0.4, 0.5) is 16.2 Å². The molecule has 2 aliphatic rings. The number of nitrogens with zero attached hydrogens (tertiary/aromatic N) is 1. The Kier molecular flexibility index (Phi) is 5.61. The zero-order chi connectivity index (χ0) is 17.8. The summed E-state index contributed by atoms with van der Waals surface area (Å²) in [5.74, 6) is 0.568. The first-order valence-electron chi connectivity index (χ1n) is 9.49. The molecular weight excluding hydrogens is 314 g/mol. The fourth-order valence-electron chi connectivity index (χ4n) is 3.59. The Morgan fingerprint density at radius 1 is 1.08 bits per heavy atom. The number of hydrogen-bond acceptors (Lipinski definition) is 2. The van der Waals surface area contributed by atoms with Gasteiger partial charge >= 0.3 is 6.03 Å². The van der Waals surface area contributed by atoms with Gasteiger partial charge in [0.1, 0.15) is 0 Å². The lowest BCUT2D eigenvalue weighted by atomic mass is 9.94. The highest BCUT2D eigenvalue weighted by Gasteiger charge is 2.32. The predicted molar refractivity (Wildman–Crippen MR) is 101 cm³/mol. The molecule has 0 unspecified atom stereocenters. The van der Waals surface area contributed by atoms with Crippen molar-refractivity contribution in [2.75, 3.05) is 17.2 Å². The molecule has 1 aromatic rings. The molecule has 3 amide bonds. The average molecular weight is 343 g/mol. The Bertz CT molecular complexity index is 634. The fraction of sp³-hybridized carbons (Fsp3) is 0.600. The van der Waals surface area contributed by atoms with E-state index in [9.17, 15) is 9.59 Å². The van der Waals surface area contributed by atoms with E-state index in [1.165, 1.54) is 39.0 Å². The number of benzene rings is 1. The van der Waals surface area contributed by atoms with Crippen LogP contribution in [0.5, 0.6) is 0 Å². The van der Waals surface area contributed by atoms with E-state index in [2.05, 4.69) is 15.5 Å². The van der Waals surface area contributed by atoms with Gasteiger partial charge in [0.15, 0.2) is 0 Å². The molecule has 2 aliphatic carbocycles. The number of anilines is 2. The molecule has 0 atom stereocenters. The summed E-state index contributed by atoms with van der Waals surface area (Å²) >= 11 is 0. The van der Waals surface area contributed by atoms with Crippen LogP contribution in [-0.4, -0.2) is 29.4 Å². The summed E-state index contributed by atoms with van der Waals surface area (Å²) < 4.78 is 0. The van der Waals surface area contributed by atoms with E-state index in [0.29, 0.717) is 17.6 Å². The smallest absolute Gasteiger partial charge is 0.322 e. The molecule has 0 aromatic heterocycles. The first-order valence-corrected chi connectivity index (χ1v) is 9.49. The number of hydrogen-bond donors (Lipinski definition) is 2. The molecule has 25 heavy (non-hydrogen) atoms. The summed E-state index contributed by atoms with van der Waals surface area (Å²) in [7, 11) is 0. The molecule has 0 radical (unpaired) electrons. The first-order chi connectivity index (χ1) is 12.0. The molecule has 2 N–H and O–H groups in total. The molecule has 0 aliphatic heterocycles. The summed E-state index contributed by atoms with van der Waals surface area (Å²) in [6.07, 6.45) is 8.44. The normalized spacial score (nSPS) is 17.8. The quantitative estimate of drug-likeness (QED) is 0.825. The van der Waals surface area contributed by atoms with Gasteiger partial charge in [0.25, 0.3) is 0 Å². The number of nitrogens with one attached hydrogen (secondary N) is 2. The molecule has 0 bridgehead atoms. The van der Waals surface area contributed by atoms with Crippen molar-refractivity contribution in [1.82, 2.24) is 4.90 Å². The largest absolute Gasteiger partial charge is 0.326 e. The minimum absolute atomic E-state index is 0.00174. The predicted octanol–water partition coefficient (Wildman–Crippen LogP) is 4.53. The molecule has 136 valence electrons. The van der Waals surface area contributed by atoms with E-state index in [4.69, 9.17) is 0 Å². The second-order valence-corrected chi connectivity index (χ2v) is 7.53. The van der Waals surface area contributed by atoms with Crippen molar-refractivity contribution in [3.8, 4) is 0 Å². The van der Waals surface area contributed by atoms with Crippen LogP contribution in [0.1, 0.15) is 57.4 Å². The molecule has 2 fully saturated rings. The number of rotatable bonds is 5. The number of carbonyl (C=O) groups is 2. The Morgan fingerprint density at radius 2 is 1.80 bits per heavy atom. The molecule has 0 saturated heterocycles. The third kappa shape index (κ3) is 4.97. The van der Waals surface area contributed by atoms with Crippen LogP contribution in [0.3, 0.4) is 0 Å². The molecule has 0 spiro atoms. The first kappa shape index (κ1) is 17.8. The second-order valence-electron chi connectivity index (χ2n) is 7.53. The summed E-state index contributed by atoms with van der Waals surface area (Å²) in [5, 5.41) is 5.87. The molecule has 0 heterocycles. The van der Waals surface area contributed by atoms with E-state index < -0.39 is 0 Å². The number of urea groups is 1. The standard InChI is InChI=1S/C20H29N3O2/c1-14-8-11-17(21-15(2)24)12-19(14)22-20(25)23(13-16-9-10-16)18-6-4-3-5-7-18/h8,11-12,16,18H,3-7,9-10,13H2,1-2H3,(H,21,24)(H,22,25). The molecule has 5 nitrogen and oxygen atoms in total. The lowest BCUT2D eigenvalue weighted by Crippen LogP contribution is -2.45. The van der Waals surface area contributed by atoms with Gasteiger partial charge in [-0.25, -0.2) is 4.79 Å². The van der Waals surface area contributed by atoms with Gasteiger partial charge in [-0.3, -0.25) is 4.79 Å². The van der Waals surface area contributed by atoms with E-state index >= 15 is 0 Å². The van der Waals surface area contributed by atoms with Crippen molar-refractivity contribution in [3.05, 3.63) is 23.8 Å². The van der Waals surface area contributed by atoms with E-state index in [0.717, 1.165) is 30.6 Å². The number of amides is 3. The van der Waals surface area contributed by atoms with Crippen molar-refractivity contribution in [2.24, 2.45) is 5.92 Å². The van der Waals surface area contributed by atoms with Crippen LogP contribution in [0.25, 0.3) is 0 Å². The highest BCUT2D eigenvalue weighted by atomic mass is 16.2. The Balaban J connectivity index is 1.72. The van der Waals surface area contributed by atoms with Crippen molar-refractivity contribution in [1.29, 1.82) is 0 Å². The zero-order valence-corrected chi connectivity index (χ0v) is 15.3. The fourth-order valence-corrected chi connectivity index (χ4v) is 3.59. The van der Waals surface area contributed by atoms with Gasteiger partial charge in [-0.1, -0.05) is 25.3 Å². The van der Waals surface area contributed by atoms with Crippen LogP contribution >= 0.6 is 0 Å². The summed E-state index contributed by atoms with van der Waals surface area (Å²) in [4.78, 5) is 26.3. The Morgan fingerprint density at radius 3 is 2.44 bits per heavy atom. The highest BCUT2D eigenvalue weighted by molar-refractivity contribution is 5.93. The van der Waals surface area contributed by atoms with Gasteiger partial charge < -0.3 is 15.5 Å². The van der Waals surface area contributed by atoms with Crippen molar-refractivity contribution >= 4 is 23.3 Å². The maximum Gasteiger partial charge on any atom is 0.322 e. The van der Waals surface area contributed by atoms with Crippen molar-refractivity contribution in [2.45, 2.75) is 64.8 Å². The van der Waals surface area contributed by atoms with Crippen LogP contribution in [-0.2, 0) is 4.79 Å². The summed E-state index contributed by atoms with van der Waals surface area (Å²) in [6.45, 7) is 4.33. The lowest BCUT2D eigenvalue weighted by Gasteiger charge is -2.34.